The minimum atomic E-state index is -0.860. The number of carbonyl (C=O) groups excluding carboxylic acids is 2. The van der Waals surface area contributed by atoms with Gasteiger partial charge in [0.05, 0.1) is 28.0 Å². The molecule has 218 valence electrons. The fraction of sp³-hybridized carbons (Fsp3) is 0.303. The molecule has 0 spiro atoms. The average Bonchev–Trinajstić information content (AvgIpc) is 3.32. The molecule has 5 rings (SSSR count). The first kappa shape index (κ1) is 29.5. The van der Waals surface area contributed by atoms with E-state index in [9.17, 15) is 18.4 Å². The summed E-state index contributed by atoms with van der Waals surface area (Å²) < 4.78 is 29.3. The molecule has 4 aromatic rings. The quantitative estimate of drug-likeness (QED) is 0.144. The van der Waals surface area contributed by atoms with Crippen LogP contribution in [-0.2, 0) is 9.59 Å². The summed E-state index contributed by atoms with van der Waals surface area (Å²) in [7, 11) is 0. The molecule has 1 aliphatic heterocycles. The number of pyridine rings is 1. The van der Waals surface area contributed by atoms with Crippen LogP contribution >= 0.6 is 11.6 Å². The first-order chi connectivity index (χ1) is 20.2. The second-order valence-electron chi connectivity index (χ2n) is 11.2. The van der Waals surface area contributed by atoms with Crippen LogP contribution in [0.5, 0.6) is 0 Å². The minimum absolute atomic E-state index is 0.189. The topological polar surface area (TPSA) is 78.1 Å². The molecule has 42 heavy (non-hydrogen) atoms. The second kappa shape index (κ2) is 12.4. The van der Waals surface area contributed by atoms with Crippen LogP contribution in [0.15, 0.2) is 54.7 Å². The molecule has 1 unspecified atom stereocenters. The SMILES string of the molecule is Cc1cc2cc(-c3ccnc(C(CCCC(C)C)N4CCC(c5c(F)ccc(Cl)c5F)=CC4=O)c3)c(NC=O)cc2[nH]1. The highest BCUT2D eigenvalue weighted by Crippen LogP contribution is 2.37. The molecule has 1 aliphatic rings. The maximum absolute atomic E-state index is 14.8. The number of aromatic amines is 1. The maximum atomic E-state index is 14.8. The van der Waals surface area contributed by atoms with E-state index in [1.165, 1.54) is 12.1 Å². The summed E-state index contributed by atoms with van der Waals surface area (Å²) in [6, 6.07) is 11.7. The van der Waals surface area contributed by atoms with Gasteiger partial charge in [0.25, 0.3) is 0 Å². The molecule has 2 amide bonds. The number of aromatic nitrogens is 2. The van der Waals surface area contributed by atoms with E-state index in [1.54, 1.807) is 11.1 Å². The standard InChI is InChI=1S/C33H33ClF2N4O2/c1-19(2)5-4-6-30(40-12-10-22(16-31(40)42)32-26(35)8-7-25(34)33(32)36)29-15-21(9-11-37-29)24-14-23-13-20(3)39-27(23)17-28(24)38-18-41/h7-9,11,13-19,30,39H,4-6,10,12H2,1-3H3,(H,38,41). The van der Waals surface area contributed by atoms with Crippen LogP contribution in [0.4, 0.5) is 14.5 Å². The van der Waals surface area contributed by atoms with Crippen LogP contribution < -0.4 is 5.32 Å². The van der Waals surface area contributed by atoms with Gasteiger partial charge in [0.2, 0.25) is 12.3 Å². The van der Waals surface area contributed by atoms with Crippen LogP contribution in [0.2, 0.25) is 5.02 Å². The third-order valence-electron chi connectivity index (χ3n) is 7.74. The number of nitrogens with one attached hydrogen (secondary N) is 2. The molecule has 0 bridgehead atoms. The molecular weight excluding hydrogens is 558 g/mol. The van der Waals surface area contributed by atoms with Crippen LogP contribution in [0.25, 0.3) is 27.6 Å². The van der Waals surface area contributed by atoms with Crippen molar-refractivity contribution >= 4 is 46.1 Å². The van der Waals surface area contributed by atoms with Gasteiger partial charge in [-0.3, -0.25) is 14.6 Å². The lowest BCUT2D eigenvalue weighted by Crippen LogP contribution is -2.38. The molecule has 0 radical (unpaired) electrons. The average molecular weight is 591 g/mol. The molecule has 6 nitrogen and oxygen atoms in total. The summed E-state index contributed by atoms with van der Waals surface area (Å²) in [5.74, 6) is -1.44. The molecule has 9 heteroatoms. The van der Waals surface area contributed by atoms with E-state index in [2.05, 4.69) is 29.1 Å². The van der Waals surface area contributed by atoms with Crippen molar-refractivity contribution < 1.29 is 18.4 Å². The summed E-state index contributed by atoms with van der Waals surface area (Å²) in [5, 5.41) is 3.63. The fourth-order valence-corrected chi connectivity index (χ4v) is 5.87. The number of hydrogen-bond donors (Lipinski definition) is 2. The Morgan fingerprint density at radius 3 is 2.69 bits per heavy atom. The lowest BCUT2D eigenvalue weighted by atomic mass is 9.93. The molecule has 0 aliphatic carbocycles. The van der Waals surface area contributed by atoms with Crippen molar-refractivity contribution in [1.29, 1.82) is 0 Å². The van der Waals surface area contributed by atoms with Crippen molar-refractivity contribution in [2.24, 2.45) is 5.92 Å². The molecule has 0 fully saturated rings. The Bertz CT molecular complexity index is 1680. The Morgan fingerprint density at radius 2 is 1.95 bits per heavy atom. The zero-order valence-electron chi connectivity index (χ0n) is 23.8. The summed E-state index contributed by atoms with van der Waals surface area (Å²) in [5.41, 5.74) is 5.00. The molecule has 2 N–H and O–H groups in total. The lowest BCUT2D eigenvalue weighted by Gasteiger charge is -2.34. The van der Waals surface area contributed by atoms with E-state index in [4.69, 9.17) is 11.6 Å². The van der Waals surface area contributed by atoms with Crippen molar-refractivity contribution in [2.75, 3.05) is 11.9 Å². The van der Waals surface area contributed by atoms with E-state index in [0.717, 1.165) is 46.6 Å². The van der Waals surface area contributed by atoms with E-state index in [-0.39, 0.29) is 41.1 Å². The third kappa shape index (κ3) is 6.09. The zero-order valence-corrected chi connectivity index (χ0v) is 24.6. The summed E-state index contributed by atoms with van der Waals surface area (Å²) in [6.45, 7) is 6.57. The second-order valence-corrected chi connectivity index (χ2v) is 11.6. The molecular formula is C33H33ClF2N4O2. The number of rotatable bonds is 10. The van der Waals surface area contributed by atoms with Gasteiger partial charge in [-0.25, -0.2) is 8.78 Å². The van der Waals surface area contributed by atoms with Crippen LogP contribution in [0.3, 0.4) is 0 Å². The maximum Gasteiger partial charge on any atom is 0.247 e. The van der Waals surface area contributed by atoms with Crippen molar-refractivity contribution in [1.82, 2.24) is 14.9 Å². The minimum Gasteiger partial charge on any atom is -0.359 e. The first-order valence-electron chi connectivity index (χ1n) is 14.1. The number of fused-ring (bicyclic) bond motifs is 1. The highest BCUT2D eigenvalue weighted by atomic mass is 35.5. The largest absolute Gasteiger partial charge is 0.359 e. The van der Waals surface area contributed by atoms with Crippen LogP contribution in [0.1, 0.15) is 62.5 Å². The predicted molar refractivity (Wildman–Crippen MR) is 163 cm³/mol. The molecule has 1 atom stereocenters. The lowest BCUT2D eigenvalue weighted by molar-refractivity contribution is -0.129. The van der Waals surface area contributed by atoms with Gasteiger partial charge in [-0.2, -0.15) is 0 Å². The van der Waals surface area contributed by atoms with Gasteiger partial charge in [-0.1, -0.05) is 38.3 Å². The summed E-state index contributed by atoms with van der Waals surface area (Å²) in [4.78, 5) is 34.7. The Kier molecular flexibility index (Phi) is 8.73. The van der Waals surface area contributed by atoms with E-state index in [1.807, 2.05) is 37.3 Å². The Morgan fingerprint density at radius 1 is 1.14 bits per heavy atom. The van der Waals surface area contributed by atoms with Gasteiger partial charge in [0, 0.05) is 41.0 Å². The Hall–Kier alpha value is -4.04. The number of nitrogens with zero attached hydrogens (tertiary/aromatic N) is 2. The number of carbonyl (C=O) groups is 2. The molecule has 0 saturated heterocycles. The first-order valence-corrected chi connectivity index (χ1v) is 14.5. The van der Waals surface area contributed by atoms with Crippen molar-refractivity contribution in [3.8, 4) is 11.1 Å². The van der Waals surface area contributed by atoms with Gasteiger partial charge in [-0.15, -0.1) is 0 Å². The normalized spacial score (nSPS) is 14.4. The summed E-state index contributed by atoms with van der Waals surface area (Å²) in [6.07, 6.45) is 6.49. The van der Waals surface area contributed by atoms with Crippen molar-refractivity contribution in [3.63, 3.8) is 0 Å². The molecule has 3 heterocycles. The van der Waals surface area contributed by atoms with E-state index in [0.29, 0.717) is 30.1 Å². The number of halogens is 3. The monoisotopic (exact) mass is 590 g/mol. The Balaban J connectivity index is 1.52. The zero-order chi connectivity index (χ0) is 30.0. The van der Waals surface area contributed by atoms with Gasteiger partial charge in [0.15, 0.2) is 5.82 Å². The summed E-state index contributed by atoms with van der Waals surface area (Å²) >= 11 is 5.91. The third-order valence-corrected chi connectivity index (χ3v) is 8.04. The van der Waals surface area contributed by atoms with E-state index < -0.39 is 11.6 Å². The molecule has 0 saturated carbocycles. The van der Waals surface area contributed by atoms with Gasteiger partial charge >= 0.3 is 0 Å². The number of amides is 2. The van der Waals surface area contributed by atoms with Crippen molar-refractivity contribution in [3.05, 3.63) is 88.3 Å². The predicted octanol–water partition coefficient (Wildman–Crippen LogP) is 8.22. The number of hydrogen-bond acceptors (Lipinski definition) is 3. The molecule has 2 aromatic carbocycles. The number of H-pyrrole nitrogens is 1. The van der Waals surface area contributed by atoms with Gasteiger partial charge in [-0.05, 0) is 79.3 Å². The highest BCUT2D eigenvalue weighted by Gasteiger charge is 2.30. The Labute approximate surface area is 248 Å². The fourth-order valence-electron chi connectivity index (χ4n) is 5.71. The van der Waals surface area contributed by atoms with Crippen molar-refractivity contribution in [2.45, 2.75) is 52.5 Å². The molecule has 2 aromatic heterocycles. The smallest absolute Gasteiger partial charge is 0.247 e. The van der Waals surface area contributed by atoms with Crippen LogP contribution in [-0.4, -0.2) is 33.7 Å². The van der Waals surface area contributed by atoms with Gasteiger partial charge in [0.1, 0.15) is 5.82 Å². The number of aryl methyl sites for hydroxylation is 1. The number of anilines is 1. The highest BCUT2D eigenvalue weighted by molar-refractivity contribution is 6.31. The van der Waals surface area contributed by atoms with Gasteiger partial charge < -0.3 is 15.2 Å². The van der Waals surface area contributed by atoms with E-state index >= 15 is 0 Å². The van der Waals surface area contributed by atoms with Crippen LogP contribution in [0, 0.1) is 24.5 Å². The number of benzene rings is 2.